The van der Waals surface area contributed by atoms with E-state index >= 15 is 0 Å². The van der Waals surface area contributed by atoms with Gasteiger partial charge in [-0.3, -0.25) is 0 Å². The van der Waals surface area contributed by atoms with Crippen molar-refractivity contribution in [1.29, 1.82) is 0 Å². The molecule has 0 unspecified atom stereocenters. The second-order valence-corrected chi connectivity index (χ2v) is 4.01. The molecule has 72 valence electrons. The van der Waals surface area contributed by atoms with Crippen LogP contribution in [0.15, 0.2) is 35.7 Å². The van der Waals surface area contributed by atoms with E-state index in [1.807, 2.05) is 11.4 Å². The van der Waals surface area contributed by atoms with Crippen LogP contribution in [-0.4, -0.2) is 0 Å². The van der Waals surface area contributed by atoms with Crippen molar-refractivity contribution in [3.8, 4) is 11.1 Å². The number of rotatable bonds is 2. The lowest BCUT2D eigenvalue weighted by molar-refractivity contribution is 0.628. The zero-order valence-electron chi connectivity index (χ0n) is 7.53. The lowest BCUT2D eigenvalue weighted by atomic mass is 10.1. The van der Waals surface area contributed by atoms with Gasteiger partial charge in [-0.05, 0) is 34.7 Å². The highest BCUT2D eigenvalue weighted by molar-refractivity contribution is 7.10. The Hall–Kier alpha value is -1.19. The molecule has 0 amide bonds. The standard InChI is InChI=1S/C11H10FNS/c12-10-3-1-8(2-4-10)9-5-11(6-13)14-7-9/h1-5,7H,6,13H2. The van der Waals surface area contributed by atoms with Crippen molar-refractivity contribution in [2.75, 3.05) is 0 Å². The van der Waals surface area contributed by atoms with E-state index in [1.165, 1.54) is 12.1 Å². The van der Waals surface area contributed by atoms with Gasteiger partial charge >= 0.3 is 0 Å². The van der Waals surface area contributed by atoms with Crippen molar-refractivity contribution in [1.82, 2.24) is 0 Å². The van der Waals surface area contributed by atoms with Crippen LogP contribution in [0.4, 0.5) is 4.39 Å². The fourth-order valence-corrected chi connectivity index (χ4v) is 2.06. The van der Waals surface area contributed by atoms with Gasteiger partial charge in [0.2, 0.25) is 0 Å². The summed E-state index contributed by atoms with van der Waals surface area (Å²) in [5, 5.41) is 2.04. The first kappa shape index (κ1) is 9.37. The second-order valence-electron chi connectivity index (χ2n) is 3.01. The van der Waals surface area contributed by atoms with Gasteiger partial charge in [-0.1, -0.05) is 12.1 Å². The highest BCUT2D eigenvalue weighted by Gasteiger charge is 2.01. The minimum atomic E-state index is -0.206. The van der Waals surface area contributed by atoms with E-state index in [2.05, 4.69) is 0 Å². The van der Waals surface area contributed by atoms with E-state index in [0.29, 0.717) is 6.54 Å². The third kappa shape index (κ3) is 1.84. The molecule has 1 aromatic heterocycles. The molecule has 14 heavy (non-hydrogen) atoms. The summed E-state index contributed by atoms with van der Waals surface area (Å²) in [4.78, 5) is 1.14. The molecule has 0 saturated carbocycles. The van der Waals surface area contributed by atoms with Gasteiger partial charge in [-0.15, -0.1) is 11.3 Å². The van der Waals surface area contributed by atoms with Gasteiger partial charge in [0.05, 0.1) is 0 Å². The van der Waals surface area contributed by atoms with Gasteiger partial charge in [0.15, 0.2) is 0 Å². The Morgan fingerprint density at radius 2 is 1.86 bits per heavy atom. The molecule has 0 fully saturated rings. The van der Waals surface area contributed by atoms with Gasteiger partial charge in [0, 0.05) is 11.4 Å². The molecular weight excluding hydrogens is 197 g/mol. The molecule has 0 aliphatic carbocycles. The largest absolute Gasteiger partial charge is 0.326 e. The van der Waals surface area contributed by atoms with Crippen LogP contribution in [0.25, 0.3) is 11.1 Å². The predicted octanol–water partition coefficient (Wildman–Crippen LogP) is 3.01. The molecule has 1 aromatic carbocycles. The van der Waals surface area contributed by atoms with Crippen LogP contribution in [0.2, 0.25) is 0 Å². The van der Waals surface area contributed by atoms with Gasteiger partial charge in [0.25, 0.3) is 0 Å². The predicted molar refractivity (Wildman–Crippen MR) is 57.6 cm³/mol. The molecule has 0 spiro atoms. The quantitative estimate of drug-likeness (QED) is 0.804. The molecule has 0 radical (unpaired) electrons. The first-order valence-electron chi connectivity index (χ1n) is 4.33. The van der Waals surface area contributed by atoms with E-state index in [9.17, 15) is 4.39 Å². The molecule has 3 heteroatoms. The number of benzene rings is 1. The molecule has 0 saturated heterocycles. The first-order chi connectivity index (χ1) is 6.79. The van der Waals surface area contributed by atoms with Crippen LogP contribution in [-0.2, 0) is 6.54 Å². The van der Waals surface area contributed by atoms with Gasteiger partial charge in [-0.2, -0.15) is 0 Å². The lowest BCUT2D eigenvalue weighted by Gasteiger charge is -1.96. The fourth-order valence-electron chi connectivity index (χ4n) is 1.28. The normalized spacial score (nSPS) is 10.4. The van der Waals surface area contributed by atoms with E-state index in [0.717, 1.165) is 16.0 Å². The lowest BCUT2D eigenvalue weighted by Crippen LogP contribution is -1.91. The van der Waals surface area contributed by atoms with Crippen LogP contribution in [0.3, 0.4) is 0 Å². The van der Waals surface area contributed by atoms with Crippen molar-refractivity contribution in [3.63, 3.8) is 0 Å². The monoisotopic (exact) mass is 207 g/mol. The van der Waals surface area contributed by atoms with Crippen LogP contribution in [0, 0.1) is 5.82 Å². The van der Waals surface area contributed by atoms with Crippen molar-refractivity contribution < 1.29 is 4.39 Å². The topological polar surface area (TPSA) is 26.0 Å². The molecule has 1 nitrogen and oxygen atoms in total. The van der Waals surface area contributed by atoms with Crippen LogP contribution in [0.1, 0.15) is 4.88 Å². The zero-order valence-corrected chi connectivity index (χ0v) is 8.35. The van der Waals surface area contributed by atoms with E-state index in [4.69, 9.17) is 5.73 Å². The van der Waals surface area contributed by atoms with Crippen LogP contribution in [0.5, 0.6) is 0 Å². The number of hydrogen-bond acceptors (Lipinski definition) is 2. The third-order valence-corrected chi connectivity index (χ3v) is 2.99. The Bertz CT molecular complexity index is 419. The van der Waals surface area contributed by atoms with E-state index < -0.39 is 0 Å². The van der Waals surface area contributed by atoms with Gasteiger partial charge in [-0.25, -0.2) is 4.39 Å². The van der Waals surface area contributed by atoms with Crippen molar-refractivity contribution in [2.24, 2.45) is 5.73 Å². The zero-order chi connectivity index (χ0) is 9.97. The SMILES string of the molecule is NCc1cc(-c2ccc(F)cc2)cs1. The maximum absolute atomic E-state index is 12.7. The molecular formula is C11H10FNS. The maximum Gasteiger partial charge on any atom is 0.123 e. The minimum absolute atomic E-state index is 0.206. The van der Waals surface area contributed by atoms with Crippen molar-refractivity contribution in [2.45, 2.75) is 6.54 Å². The maximum atomic E-state index is 12.7. The van der Waals surface area contributed by atoms with Crippen molar-refractivity contribution >= 4 is 11.3 Å². The number of hydrogen-bond donors (Lipinski definition) is 1. The number of nitrogens with two attached hydrogens (primary N) is 1. The third-order valence-electron chi connectivity index (χ3n) is 2.03. The Balaban J connectivity index is 2.34. The molecule has 0 atom stereocenters. The number of halogens is 1. The second kappa shape index (κ2) is 3.90. The van der Waals surface area contributed by atoms with Gasteiger partial charge < -0.3 is 5.73 Å². The minimum Gasteiger partial charge on any atom is -0.326 e. The Morgan fingerprint density at radius 3 is 2.43 bits per heavy atom. The molecule has 2 rings (SSSR count). The Morgan fingerprint density at radius 1 is 1.14 bits per heavy atom. The molecule has 0 aliphatic heterocycles. The highest BCUT2D eigenvalue weighted by Crippen LogP contribution is 2.25. The summed E-state index contributed by atoms with van der Waals surface area (Å²) < 4.78 is 12.7. The number of thiophene rings is 1. The summed E-state index contributed by atoms with van der Waals surface area (Å²) in [5.74, 6) is -0.206. The molecule has 2 N–H and O–H groups in total. The molecule has 1 heterocycles. The fraction of sp³-hybridized carbons (Fsp3) is 0.0909. The van der Waals surface area contributed by atoms with Crippen LogP contribution >= 0.6 is 11.3 Å². The van der Waals surface area contributed by atoms with E-state index in [-0.39, 0.29) is 5.82 Å². The summed E-state index contributed by atoms with van der Waals surface area (Å²) in [6, 6.07) is 8.53. The average molecular weight is 207 g/mol. The molecule has 0 aliphatic rings. The first-order valence-corrected chi connectivity index (χ1v) is 5.21. The summed E-state index contributed by atoms with van der Waals surface area (Å²) in [7, 11) is 0. The van der Waals surface area contributed by atoms with E-state index in [1.54, 1.807) is 23.5 Å². The summed E-state index contributed by atoms with van der Waals surface area (Å²) in [6.45, 7) is 0.561. The van der Waals surface area contributed by atoms with Gasteiger partial charge in [0.1, 0.15) is 5.82 Å². The highest BCUT2D eigenvalue weighted by atomic mass is 32.1. The Labute approximate surface area is 86.0 Å². The van der Waals surface area contributed by atoms with Crippen LogP contribution < -0.4 is 5.73 Å². The smallest absolute Gasteiger partial charge is 0.123 e. The average Bonchev–Trinajstić information content (AvgIpc) is 2.67. The summed E-state index contributed by atoms with van der Waals surface area (Å²) in [6.07, 6.45) is 0. The molecule has 0 bridgehead atoms. The van der Waals surface area contributed by atoms with Crippen molar-refractivity contribution in [3.05, 3.63) is 46.4 Å². The summed E-state index contributed by atoms with van der Waals surface area (Å²) >= 11 is 1.63. The Kier molecular flexibility index (Phi) is 2.61. The summed E-state index contributed by atoms with van der Waals surface area (Å²) in [5.41, 5.74) is 7.65. The molecule has 2 aromatic rings.